The summed E-state index contributed by atoms with van der Waals surface area (Å²) in [7, 11) is 0. The molecule has 20 heavy (non-hydrogen) atoms. The smallest absolute Gasteiger partial charge is 0.407 e. The van der Waals surface area contributed by atoms with E-state index in [1.54, 1.807) is 6.92 Å². The Bertz CT molecular complexity index is 417. The van der Waals surface area contributed by atoms with Gasteiger partial charge in [-0.3, -0.25) is 4.79 Å². The molecular weight excluding hydrogens is 254 g/mol. The maximum atomic E-state index is 12.2. The molecule has 0 aliphatic heterocycles. The van der Waals surface area contributed by atoms with Crippen molar-refractivity contribution >= 4 is 11.9 Å². The van der Waals surface area contributed by atoms with E-state index < -0.39 is 12.1 Å². The molecule has 0 heterocycles. The van der Waals surface area contributed by atoms with Gasteiger partial charge in [-0.05, 0) is 25.3 Å². The third-order valence-corrected chi connectivity index (χ3v) is 3.02. The number of carbonyl (C=O) groups is 2. The molecule has 0 radical (unpaired) electrons. The number of nitrogens with one attached hydrogen (secondary N) is 1. The fraction of sp³-hybridized carbons (Fsp3) is 0.500. The molecule has 0 aromatic heterocycles. The fourth-order valence-electron chi connectivity index (χ4n) is 1.94. The number of Topliss-reactive ketones (excluding diaryl/α,β-unsaturated/α-hetero) is 1. The first-order valence-electron chi connectivity index (χ1n) is 7.17. The first-order chi connectivity index (χ1) is 9.67. The number of alkyl carbamates (subject to hydrolysis) is 1. The Morgan fingerprint density at radius 1 is 1.20 bits per heavy atom. The largest absolute Gasteiger partial charge is 0.450 e. The standard InChI is InChI=1S/C16H23NO3/c1-3-5-11-15(18)14(17-16(19)20-4-2)12-13-9-7-6-8-10-13/h6-10,14H,3-5,11-12H2,1-2H3,(H,17,19)/t14-/m0/s1. The van der Waals surface area contributed by atoms with Crippen LogP contribution in [0.4, 0.5) is 4.79 Å². The second-order valence-corrected chi connectivity index (χ2v) is 4.68. The quantitative estimate of drug-likeness (QED) is 0.794. The van der Waals surface area contributed by atoms with E-state index in [1.807, 2.05) is 37.3 Å². The van der Waals surface area contributed by atoms with Gasteiger partial charge in [-0.2, -0.15) is 0 Å². The molecule has 0 saturated heterocycles. The fourth-order valence-corrected chi connectivity index (χ4v) is 1.94. The maximum Gasteiger partial charge on any atom is 0.407 e. The van der Waals surface area contributed by atoms with Gasteiger partial charge in [-0.1, -0.05) is 43.7 Å². The van der Waals surface area contributed by atoms with E-state index in [4.69, 9.17) is 4.74 Å². The van der Waals surface area contributed by atoms with Crippen molar-refractivity contribution in [3.05, 3.63) is 35.9 Å². The van der Waals surface area contributed by atoms with Crippen LogP contribution in [0.25, 0.3) is 0 Å². The van der Waals surface area contributed by atoms with Gasteiger partial charge in [0.15, 0.2) is 5.78 Å². The Hall–Kier alpha value is -1.84. The number of rotatable bonds is 8. The second kappa shape index (κ2) is 9.13. The van der Waals surface area contributed by atoms with E-state index in [1.165, 1.54) is 0 Å². The number of hydrogen-bond acceptors (Lipinski definition) is 3. The van der Waals surface area contributed by atoms with Crippen molar-refractivity contribution < 1.29 is 14.3 Å². The number of amides is 1. The normalized spacial score (nSPS) is 11.7. The van der Waals surface area contributed by atoms with Crippen LogP contribution in [0.15, 0.2) is 30.3 Å². The third-order valence-electron chi connectivity index (χ3n) is 3.02. The van der Waals surface area contributed by atoms with Crippen LogP contribution in [0.2, 0.25) is 0 Å². The molecule has 0 spiro atoms. The number of hydrogen-bond donors (Lipinski definition) is 1. The van der Waals surface area contributed by atoms with Crippen LogP contribution < -0.4 is 5.32 Å². The lowest BCUT2D eigenvalue weighted by Gasteiger charge is -2.17. The van der Waals surface area contributed by atoms with Crippen molar-refractivity contribution in [1.29, 1.82) is 0 Å². The topological polar surface area (TPSA) is 55.4 Å². The van der Waals surface area contributed by atoms with Crippen LogP contribution in [-0.2, 0) is 16.0 Å². The molecule has 0 aliphatic rings. The number of benzene rings is 1. The van der Waals surface area contributed by atoms with E-state index >= 15 is 0 Å². The summed E-state index contributed by atoms with van der Waals surface area (Å²) in [4.78, 5) is 23.7. The second-order valence-electron chi connectivity index (χ2n) is 4.68. The SMILES string of the molecule is CCCCC(=O)[C@H](Cc1ccccc1)NC(=O)OCC. The zero-order chi connectivity index (χ0) is 14.8. The van der Waals surface area contributed by atoms with Gasteiger partial charge in [-0.25, -0.2) is 4.79 Å². The highest BCUT2D eigenvalue weighted by Gasteiger charge is 2.21. The van der Waals surface area contributed by atoms with E-state index in [0.717, 1.165) is 18.4 Å². The van der Waals surface area contributed by atoms with Gasteiger partial charge in [0.1, 0.15) is 0 Å². The van der Waals surface area contributed by atoms with Crippen LogP contribution in [-0.4, -0.2) is 24.5 Å². The zero-order valence-corrected chi connectivity index (χ0v) is 12.2. The summed E-state index contributed by atoms with van der Waals surface area (Å²) in [5.74, 6) is 0.0590. The van der Waals surface area contributed by atoms with Crippen LogP contribution in [0.1, 0.15) is 38.7 Å². The Kier molecular flexibility index (Phi) is 7.40. The molecule has 0 unspecified atom stereocenters. The molecule has 1 amide bonds. The molecule has 1 aromatic carbocycles. The van der Waals surface area contributed by atoms with Crippen LogP contribution in [0.5, 0.6) is 0 Å². The molecule has 110 valence electrons. The Balaban J connectivity index is 2.67. The van der Waals surface area contributed by atoms with Crippen molar-refractivity contribution in [1.82, 2.24) is 5.32 Å². The molecule has 1 rings (SSSR count). The summed E-state index contributed by atoms with van der Waals surface area (Å²) >= 11 is 0. The zero-order valence-electron chi connectivity index (χ0n) is 12.2. The molecule has 0 aliphatic carbocycles. The molecule has 1 aromatic rings. The van der Waals surface area contributed by atoms with Crippen molar-refractivity contribution in [2.24, 2.45) is 0 Å². The lowest BCUT2D eigenvalue weighted by atomic mass is 9.99. The van der Waals surface area contributed by atoms with Crippen LogP contribution in [0, 0.1) is 0 Å². The minimum atomic E-state index is -0.529. The summed E-state index contributed by atoms with van der Waals surface area (Å²) in [6, 6.07) is 9.17. The molecule has 4 nitrogen and oxygen atoms in total. The van der Waals surface area contributed by atoms with E-state index in [0.29, 0.717) is 19.4 Å². The van der Waals surface area contributed by atoms with Gasteiger partial charge in [0.25, 0.3) is 0 Å². The van der Waals surface area contributed by atoms with Crippen LogP contribution >= 0.6 is 0 Å². The van der Waals surface area contributed by atoms with Gasteiger partial charge < -0.3 is 10.1 Å². The van der Waals surface area contributed by atoms with Gasteiger partial charge in [0, 0.05) is 6.42 Å². The Morgan fingerprint density at radius 3 is 2.50 bits per heavy atom. The average molecular weight is 277 g/mol. The average Bonchev–Trinajstić information content (AvgIpc) is 2.45. The minimum absolute atomic E-state index is 0.0590. The summed E-state index contributed by atoms with van der Waals surface area (Å²) in [5, 5.41) is 2.66. The summed E-state index contributed by atoms with van der Waals surface area (Å²) in [6.45, 7) is 4.08. The molecule has 1 N–H and O–H groups in total. The van der Waals surface area contributed by atoms with E-state index in [2.05, 4.69) is 5.32 Å². The molecule has 4 heteroatoms. The highest BCUT2D eigenvalue weighted by atomic mass is 16.5. The van der Waals surface area contributed by atoms with Gasteiger partial charge in [0.2, 0.25) is 0 Å². The predicted octanol–water partition coefficient (Wildman–Crippen LogP) is 3.10. The summed E-state index contributed by atoms with van der Waals surface area (Å²) < 4.78 is 4.86. The van der Waals surface area contributed by atoms with Crippen molar-refractivity contribution in [2.45, 2.75) is 45.6 Å². The lowest BCUT2D eigenvalue weighted by molar-refractivity contribution is -0.121. The highest BCUT2D eigenvalue weighted by Crippen LogP contribution is 2.08. The number of unbranched alkanes of at least 4 members (excludes halogenated alkanes) is 1. The summed E-state index contributed by atoms with van der Waals surface area (Å²) in [5.41, 5.74) is 1.03. The molecule has 0 fully saturated rings. The Labute approximate surface area is 120 Å². The monoisotopic (exact) mass is 277 g/mol. The first-order valence-corrected chi connectivity index (χ1v) is 7.17. The highest BCUT2D eigenvalue weighted by molar-refractivity contribution is 5.87. The summed E-state index contributed by atoms with van der Waals surface area (Å²) in [6.07, 6.45) is 2.26. The minimum Gasteiger partial charge on any atom is -0.450 e. The number of ether oxygens (including phenoxy) is 1. The molecular formula is C16H23NO3. The molecule has 1 atom stereocenters. The maximum absolute atomic E-state index is 12.2. The molecule has 0 saturated carbocycles. The third kappa shape index (κ3) is 5.87. The van der Waals surface area contributed by atoms with Crippen LogP contribution in [0.3, 0.4) is 0 Å². The van der Waals surface area contributed by atoms with Gasteiger partial charge in [-0.15, -0.1) is 0 Å². The van der Waals surface area contributed by atoms with Crippen molar-refractivity contribution in [3.8, 4) is 0 Å². The lowest BCUT2D eigenvalue weighted by Crippen LogP contribution is -2.42. The molecule has 0 bridgehead atoms. The van der Waals surface area contributed by atoms with Gasteiger partial charge in [0.05, 0.1) is 12.6 Å². The number of carbonyl (C=O) groups excluding carboxylic acids is 2. The number of ketones is 1. The van der Waals surface area contributed by atoms with Crippen molar-refractivity contribution in [2.75, 3.05) is 6.61 Å². The van der Waals surface area contributed by atoms with Gasteiger partial charge >= 0.3 is 6.09 Å². The van der Waals surface area contributed by atoms with Crippen molar-refractivity contribution in [3.63, 3.8) is 0 Å². The Morgan fingerprint density at radius 2 is 1.90 bits per heavy atom. The predicted molar refractivity (Wildman–Crippen MR) is 78.6 cm³/mol. The first kappa shape index (κ1) is 16.2. The van der Waals surface area contributed by atoms with E-state index in [-0.39, 0.29) is 5.78 Å². The van der Waals surface area contributed by atoms with E-state index in [9.17, 15) is 9.59 Å².